The van der Waals surface area contributed by atoms with Gasteiger partial charge < -0.3 is 18.9 Å². The van der Waals surface area contributed by atoms with Gasteiger partial charge in [-0.2, -0.15) is 0 Å². The summed E-state index contributed by atoms with van der Waals surface area (Å²) in [7, 11) is 1.15. The predicted molar refractivity (Wildman–Crippen MR) is 167 cm³/mol. The normalized spacial score (nSPS) is 12.2. The molecule has 15 heteroatoms. The molecule has 5 rings (SSSR count). The van der Waals surface area contributed by atoms with Gasteiger partial charge in [0.15, 0.2) is 5.58 Å². The van der Waals surface area contributed by atoms with Crippen LogP contribution in [0.25, 0.3) is 22.5 Å². The maximum atomic E-state index is 13.6. The molecular weight excluding hydrogens is 618 g/mol. The van der Waals surface area contributed by atoms with Crippen LogP contribution in [-0.2, 0) is 21.5 Å². The summed E-state index contributed by atoms with van der Waals surface area (Å²) < 4.78 is 17.4. The molecule has 0 aliphatic heterocycles. The number of halogens is 1. The van der Waals surface area contributed by atoms with Gasteiger partial charge in [-0.3, -0.25) is 24.3 Å². The Labute approximate surface area is 267 Å². The van der Waals surface area contributed by atoms with E-state index in [9.17, 15) is 19.2 Å². The highest BCUT2D eigenvalue weighted by atomic mass is 35.5. The SMILES string of the molecule is COC(=O)Nc1cnc(-c2ccccc2)n(CC(=O)N[C@@H](C(=O)c2nnc(C(C)(C)c3nc4cc(Cl)ccc4o3)o2)C(C)C)c1=O. The molecule has 46 heavy (non-hydrogen) atoms. The van der Waals surface area contributed by atoms with Gasteiger partial charge in [-0.15, -0.1) is 10.2 Å². The molecule has 0 aliphatic carbocycles. The van der Waals surface area contributed by atoms with E-state index in [1.165, 1.54) is 6.20 Å². The number of nitrogens with one attached hydrogen (secondary N) is 2. The van der Waals surface area contributed by atoms with E-state index in [0.717, 1.165) is 11.7 Å². The number of ether oxygens (including phenoxy) is 1. The van der Waals surface area contributed by atoms with Crippen LogP contribution in [0.15, 0.2) is 68.4 Å². The van der Waals surface area contributed by atoms with Crippen LogP contribution < -0.4 is 16.2 Å². The largest absolute Gasteiger partial charge is 0.453 e. The van der Waals surface area contributed by atoms with Crippen molar-refractivity contribution in [1.82, 2.24) is 30.0 Å². The van der Waals surface area contributed by atoms with Crippen molar-refractivity contribution in [2.75, 3.05) is 12.4 Å². The molecule has 0 saturated carbocycles. The molecule has 2 aromatic carbocycles. The second kappa shape index (κ2) is 12.9. The Balaban J connectivity index is 1.39. The number of fused-ring (bicyclic) bond motifs is 1. The number of carbonyl (C=O) groups excluding carboxylic acids is 3. The van der Waals surface area contributed by atoms with Crippen molar-refractivity contribution in [3.05, 3.63) is 87.8 Å². The van der Waals surface area contributed by atoms with Gasteiger partial charge in [0, 0.05) is 10.6 Å². The summed E-state index contributed by atoms with van der Waals surface area (Å²) >= 11 is 6.08. The van der Waals surface area contributed by atoms with Crippen molar-refractivity contribution in [2.45, 2.75) is 45.7 Å². The zero-order valence-electron chi connectivity index (χ0n) is 25.5. The first-order valence-electron chi connectivity index (χ1n) is 14.1. The lowest BCUT2D eigenvalue weighted by molar-refractivity contribution is -0.122. The van der Waals surface area contributed by atoms with E-state index in [-0.39, 0.29) is 29.2 Å². The number of hydrogen-bond donors (Lipinski definition) is 2. The number of nitrogens with zero attached hydrogens (tertiary/aromatic N) is 5. The van der Waals surface area contributed by atoms with Crippen LogP contribution >= 0.6 is 11.6 Å². The molecule has 0 saturated heterocycles. The number of methoxy groups -OCH3 is 1. The number of ketones is 1. The molecule has 14 nitrogen and oxygen atoms in total. The Morgan fingerprint density at radius 2 is 1.78 bits per heavy atom. The first-order chi connectivity index (χ1) is 21.9. The highest BCUT2D eigenvalue weighted by Crippen LogP contribution is 2.33. The third-order valence-electron chi connectivity index (χ3n) is 7.12. The minimum absolute atomic E-state index is 0.0717. The number of rotatable bonds is 10. The highest BCUT2D eigenvalue weighted by molar-refractivity contribution is 6.31. The van der Waals surface area contributed by atoms with Crippen LogP contribution in [0.2, 0.25) is 5.02 Å². The molecule has 0 spiro atoms. The number of carbonyl (C=O) groups is 3. The van der Waals surface area contributed by atoms with E-state index in [0.29, 0.717) is 21.7 Å². The first-order valence-corrected chi connectivity index (χ1v) is 14.5. The standard InChI is InChI=1S/C31H30ClN7O7/c1-16(2)23(24(41)26-37-38-29(46-26)31(3,4)28-34-19-13-18(32)11-12-21(19)45-28)36-22(40)15-39-25(17-9-7-6-8-10-17)33-14-20(27(39)42)35-30(43)44-5/h6-14,16,23H,15H2,1-5H3,(H,35,43)(H,36,40)/t23-/m1/s1. The quantitative estimate of drug-likeness (QED) is 0.202. The average Bonchev–Trinajstić information content (AvgIpc) is 3.70. The van der Waals surface area contributed by atoms with E-state index in [1.54, 1.807) is 76.2 Å². The van der Waals surface area contributed by atoms with E-state index in [1.807, 2.05) is 0 Å². The zero-order valence-corrected chi connectivity index (χ0v) is 26.3. The van der Waals surface area contributed by atoms with Crippen LogP contribution in [0.1, 0.15) is 50.2 Å². The second-order valence-corrected chi connectivity index (χ2v) is 11.6. The maximum absolute atomic E-state index is 13.6. The van der Waals surface area contributed by atoms with Crippen molar-refractivity contribution in [3.8, 4) is 11.4 Å². The van der Waals surface area contributed by atoms with Gasteiger partial charge in [0.2, 0.25) is 23.5 Å². The summed E-state index contributed by atoms with van der Waals surface area (Å²) in [5.74, 6) is -1.51. The Morgan fingerprint density at radius 1 is 1.04 bits per heavy atom. The van der Waals surface area contributed by atoms with E-state index >= 15 is 0 Å². The van der Waals surface area contributed by atoms with Gasteiger partial charge in [0.05, 0.1) is 19.3 Å². The Morgan fingerprint density at radius 3 is 2.48 bits per heavy atom. The van der Waals surface area contributed by atoms with Crippen molar-refractivity contribution >= 4 is 46.2 Å². The number of anilines is 1. The zero-order chi connectivity index (χ0) is 33.2. The van der Waals surface area contributed by atoms with Crippen molar-refractivity contribution in [1.29, 1.82) is 0 Å². The minimum Gasteiger partial charge on any atom is -0.453 e. The fraction of sp³-hybridized carbons (Fsp3) is 0.290. The summed E-state index contributed by atoms with van der Waals surface area (Å²) in [5, 5.41) is 13.5. The summed E-state index contributed by atoms with van der Waals surface area (Å²) in [6, 6.07) is 12.7. The van der Waals surface area contributed by atoms with Gasteiger partial charge in [-0.05, 0) is 38.0 Å². The average molecular weight is 648 g/mol. The van der Waals surface area contributed by atoms with Gasteiger partial charge in [0.25, 0.3) is 11.4 Å². The van der Waals surface area contributed by atoms with Crippen molar-refractivity contribution in [3.63, 3.8) is 0 Å². The molecule has 0 radical (unpaired) electrons. The fourth-order valence-electron chi connectivity index (χ4n) is 4.57. The monoisotopic (exact) mass is 647 g/mol. The van der Waals surface area contributed by atoms with Crippen LogP contribution in [-0.4, -0.2) is 55.7 Å². The third kappa shape index (κ3) is 6.52. The Hall–Kier alpha value is -5.37. The highest BCUT2D eigenvalue weighted by Gasteiger charge is 2.37. The van der Waals surface area contributed by atoms with Gasteiger partial charge >= 0.3 is 6.09 Å². The van der Waals surface area contributed by atoms with E-state index in [2.05, 4.69) is 35.5 Å². The van der Waals surface area contributed by atoms with Gasteiger partial charge in [-0.25, -0.2) is 14.8 Å². The number of oxazole rings is 1. The van der Waals surface area contributed by atoms with E-state index in [4.69, 9.17) is 20.4 Å². The molecule has 2 N–H and O–H groups in total. The molecule has 0 aliphatic rings. The molecule has 0 unspecified atom stereocenters. The third-order valence-corrected chi connectivity index (χ3v) is 7.36. The smallest absolute Gasteiger partial charge is 0.411 e. The topological polar surface area (TPSA) is 184 Å². The van der Waals surface area contributed by atoms with Crippen LogP contribution in [0.3, 0.4) is 0 Å². The van der Waals surface area contributed by atoms with E-state index < -0.39 is 47.3 Å². The lowest BCUT2D eigenvalue weighted by Crippen LogP contribution is -2.46. The number of hydrogen-bond acceptors (Lipinski definition) is 11. The lowest BCUT2D eigenvalue weighted by Gasteiger charge is -2.21. The molecule has 2 amide bonds. The molecular formula is C31H30ClN7O7. The summed E-state index contributed by atoms with van der Waals surface area (Å²) in [6.07, 6.45) is 0.302. The predicted octanol–water partition coefficient (Wildman–Crippen LogP) is 4.62. The summed E-state index contributed by atoms with van der Waals surface area (Å²) in [6.45, 7) is 6.45. The molecule has 3 aromatic heterocycles. The molecule has 3 heterocycles. The molecule has 238 valence electrons. The van der Waals surface area contributed by atoms with Crippen LogP contribution in [0.5, 0.6) is 0 Å². The fourth-order valence-corrected chi connectivity index (χ4v) is 4.73. The number of aromatic nitrogens is 5. The minimum atomic E-state index is -1.09. The number of amides is 2. The maximum Gasteiger partial charge on any atom is 0.411 e. The summed E-state index contributed by atoms with van der Waals surface area (Å²) in [4.78, 5) is 60.9. The molecule has 1 atom stereocenters. The molecule has 5 aromatic rings. The van der Waals surface area contributed by atoms with Gasteiger partial charge in [0.1, 0.15) is 29.0 Å². The Kier molecular flexibility index (Phi) is 9.00. The number of Topliss-reactive ketones (excluding diaryl/α,β-unsaturated/α-hetero) is 1. The Bertz CT molecular complexity index is 1980. The first kappa shape index (κ1) is 32.0. The number of benzene rings is 2. The molecule has 0 bridgehead atoms. The van der Waals surface area contributed by atoms with Crippen LogP contribution in [0.4, 0.5) is 10.5 Å². The summed E-state index contributed by atoms with van der Waals surface area (Å²) in [5.41, 5.74) is -0.297. The van der Waals surface area contributed by atoms with Crippen molar-refractivity contribution in [2.24, 2.45) is 5.92 Å². The second-order valence-electron chi connectivity index (χ2n) is 11.2. The van der Waals surface area contributed by atoms with Gasteiger partial charge in [-0.1, -0.05) is 55.8 Å². The molecule has 0 fully saturated rings. The van der Waals surface area contributed by atoms with Crippen molar-refractivity contribution < 1.29 is 28.0 Å². The lowest BCUT2D eigenvalue weighted by atomic mass is 9.93. The van der Waals surface area contributed by atoms with Crippen LogP contribution in [0, 0.1) is 5.92 Å².